The highest BCUT2D eigenvalue weighted by Crippen LogP contribution is 2.48. The first-order chi connectivity index (χ1) is 33.9. The molecule has 4 fully saturated rings. The van der Waals surface area contributed by atoms with Gasteiger partial charge in [-0.1, -0.05) is 36.7 Å². The van der Waals surface area contributed by atoms with Crippen LogP contribution in [0.15, 0.2) is 52.9 Å². The Bertz CT molecular complexity index is 2530. The van der Waals surface area contributed by atoms with Crippen molar-refractivity contribution in [3.8, 4) is 5.75 Å². The maximum absolute atomic E-state index is 14.5. The lowest BCUT2D eigenvalue weighted by molar-refractivity contribution is -0.158. The molecule has 0 radical (unpaired) electrons. The Balaban J connectivity index is 0.000000332. The number of aliphatic carboxylic acids is 1. The molecule has 0 aromatic heterocycles. The lowest BCUT2D eigenvalue weighted by Gasteiger charge is -2.46. The second kappa shape index (κ2) is 22.0. The van der Waals surface area contributed by atoms with Crippen LogP contribution in [-0.2, 0) is 50.3 Å². The number of aryl methyl sites for hydroxylation is 1. The molecule has 72 heavy (non-hydrogen) atoms. The van der Waals surface area contributed by atoms with E-state index in [9.17, 15) is 28.2 Å². The van der Waals surface area contributed by atoms with Gasteiger partial charge in [0.1, 0.15) is 15.7 Å². The van der Waals surface area contributed by atoms with Gasteiger partial charge in [-0.25, -0.2) is 9.00 Å². The van der Waals surface area contributed by atoms with Crippen LogP contribution in [0.25, 0.3) is 0 Å². The van der Waals surface area contributed by atoms with Crippen LogP contribution in [0.3, 0.4) is 0 Å². The zero-order valence-electron chi connectivity index (χ0n) is 42.8. The first-order valence-electron chi connectivity index (χ1n) is 25.2. The number of urea groups is 1. The summed E-state index contributed by atoms with van der Waals surface area (Å²) in [7, 11) is 0.937. The van der Waals surface area contributed by atoms with Gasteiger partial charge in [0.15, 0.2) is 0 Å². The number of nitrogens with one attached hydrogen (secondary N) is 2. The smallest absolute Gasteiger partial charge is 0.327 e. The van der Waals surface area contributed by atoms with Gasteiger partial charge >= 0.3 is 23.9 Å². The van der Waals surface area contributed by atoms with Crippen LogP contribution in [0.5, 0.6) is 5.75 Å². The van der Waals surface area contributed by atoms with Crippen LogP contribution in [0, 0.1) is 34.0 Å². The van der Waals surface area contributed by atoms with E-state index in [0.29, 0.717) is 62.8 Å². The number of carbonyl (C=O) groups is 5. The average molecular weight is 1040 g/mol. The van der Waals surface area contributed by atoms with Crippen LogP contribution in [-0.4, -0.2) is 110 Å². The number of carboxylic acid groups (broad SMARTS) is 1. The number of hydrogen-bond acceptors (Lipinski definition) is 13. The molecule has 17 nitrogen and oxygen atoms in total. The fourth-order valence-electron chi connectivity index (χ4n) is 12.1. The van der Waals surface area contributed by atoms with Gasteiger partial charge in [-0.2, -0.15) is 0 Å². The largest absolute Gasteiger partial charge is 0.490 e. The van der Waals surface area contributed by atoms with E-state index < -0.39 is 38.7 Å². The monoisotopic (exact) mass is 1040 g/mol. The van der Waals surface area contributed by atoms with Crippen LogP contribution < -0.4 is 31.1 Å². The van der Waals surface area contributed by atoms with Crippen LogP contribution >= 0.6 is 11.6 Å². The van der Waals surface area contributed by atoms with Gasteiger partial charge in [0.25, 0.3) is 5.91 Å². The Kier molecular flexibility index (Phi) is 16.8. The molecule has 3 amide bonds. The number of ether oxygens (including phenoxy) is 4. The Labute approximate surface area is 429 Å². The molecule has 7 aliphatic rings. The number of benzene rings is 2. The number of methoxy groups -OCH3 is 3. The molecule has 2 heterocycles. The van der Waals surface area contributed by atoms with Crippen molar-refractivity contribution >= 4 is 57.0 Å². The van der Waals surface area contributed by atoms with E-state index in [2.05, 4.69) is 48.3 Å². The zero-order chi connectivity index (χ0) is 52.4. The van der Waals surface area contributed by atoms with E-state index in [1.54, 1.807) is 27.0 Å². The summed E-state index contributed by atoms with van der Waals surface area (Å²) in [4.78, 5) is 63.2. The predicted octanol–water partition coefficient (Wildman–Crippen LogP) is 7.10. The fourth-order valence-corrected chi connectivity index (χ4v) is 14.1. The molecule has 2 bridgehead atoms. The summed E-state index contributed by atoms with van der Waals surface area (Å²) in [6.07, 6.45) is 13.3. The maximum Gasteiger partial charge on any atom is 0.327 e. The van der Waals surface area contributed by atoms with Crippen molar-refractivity contribution in [2.24, 2.45) is 49.8 Å². The fraction of sp³-hybridized carbons (Fsp3) is 0.642. The molecule has 5 aliphatic carbocycles. The summed E-state index contributed by atoms with van der Waals surface area (Å²) in [6.45, 7) is 9.30. The molecule has 2 aromatic carbocycles. The molecule has 2 aliphatic heterocycles. The SMILES string of the molecule is CC1(C(=O)O)CC(N)C1.COC(=O)C1(C)CC(N)C1.COC(=O)C1(C)CC(NC(=O)NS2(=O)=NC(=O)c3ccc4c(c3)N(C[C@@H]3CC[C@H]3[C@@H](OC)/C=C/C[C@H](C)C2)C[C@@]2(CCCc3cc(Cl)ccc32)CO4)C1. The molecule has 1 unspecified atom stereocenters. The number of fused-ring (bicyclic) bond motifs is 4. The number of halogens is 1. The summed E-state index contributed by atoms with van der Waals surface area (Å²) in [5.41, 5.74) is 12.8. The van der Waals surface area contributed by atoms with E-state index in [1.165, 1.54) is 25.3 Å². The van der Waals surface area contributed by atoms with Gasteiger partial charge in [0, 0.05) is 54.3 Å². The first-order valence-corrected chi connectivity index (χ1v) is 27.3. The van der Waals surface area contributed by atoms with Gasteiger partial charge in [0.2, 0.25) is 0 Å². The molecule has 396 valence electrons. The number of nitrogens with two attached hydrogens (primary N) is 2. The summed E-state index contributed by atoms with van der Waals surface area (Å²) in [5.74, 6) is -0.683. The van der Waals surface area contributed by atoms with Gasteiger partial charge in [0.05, 0.1) is 54.6 Å². The minimum absolute atomic E-state index is 0.0309. The van der Waals surface area contributed by atoms with Crippen LogP contribution in [0.4, 0.5) is 10.5 Å². The van der Waals surface area contributed by atoms with E-state index in [-0.39, 0.29) is 64.2 Å². The number of allylic oxidation sites excluding steroid dienone is 1. The molecule has 19 heteroatoms. The van der Waals surface area contributed by atoms with E-state index in [0.717, 1.165) is 62.2 Å². The normalized spacial score (nSPS) is 35.9. The number of amides is 3. The quantitative estimate of drug-likeness (QED) is 0.143. The molecule has 2 aromatic rings. The molecule has 4 saturated carbocycles. The number of anilines is 1. The molecular formula is C53H75ClN6O11S. The lowest BCUT2D eigenvalue weighted by atomic mass is 9.67. The van der Waals surface area contributed by atoms with Crippen molar-refractivity contribution in [1.29, 1.82) is 0 Å². The standard InChI is InChI=1S/C40H51ClN4O7S.C7H13NO2.C6H11NO2/c1-25-7-5-9-34(50-3)31-13-10-28(31)21-45-23-40(16-6-8-26-17-29(41)12-14-32(26)40)24-52-35-15-11-27(18-33(35)45)36(46)43-53(49,22-25)44-38(48)42-30-19-39(2,20-30)37(47)51-4;1-7(6(9)10-2)3-5(8)4-7;1-6(5(8)9)2-4(7)3-6/h5,9,11-12,14-15,17-18,25,28,30-31,34H,6-8,10,13,16,19-24H2,1-4H3,(H2,42,43,44,46,48,49);5H,3-4,8H2,1-2H3;4H,2-3,7H2,1H3,(H,8,9)/b9-5+;;/t25-,28-,30?,31+,34-,39?,40-,53?;;/m0../s1. The predicted molar refractivity (Wildman–Crippen MR) is 275 cm³/mol. The average Bonchev–Trinajstić information content (AvgIpc) is 3.44. The molecule has 7 N–H and O–H groups in total. The maximum atomic E-state index is 14.5. The number of rotatable bonds is 6. The summed E-state index contributed by atoms with van der Waals surface area (Å²) in [5, 5.41) is 12.1. The van der Waals surface area contributed by atoms with Crippen molar-refractivity contribution < 1.29 is 52.2 Å². The topological polar surface area (TPSA) is 251 Å². The molecule has 9 rings (SSSR count). The third-order valence-corrected chi connectivity index (χ3v) is 18.4. The van der Waals surface area contributed by atoms with Gasteiger partial charge in [-0.05, 0) is 157 Å². The second-order valence-corrected chi connectivity index (χ2v) is 24.9. The van der Waals surface area contributed by atoms with Crippen molar-refractivity contribution in [2.45, 2.75) is 134 Å². The molecule has 1 spiro atoms. The number of carboxylic acids is 1. The number of nitrogens with zero attached hydrogens (tertiary/aromatic N) is 2. The van der Waals surface area contributed by atoms with Crippen molar-refractivity contribution in [3.05, 3.63) is 70.3 Å². The highest BCUT2D eigenvalue weighted by atomic mass is 35.5. The second-order valence-electron chi connectivity index (χ2n) is 22.4. The van der Waals surface area contributed by atoms with Crippen molar-refractivity contribution in [2.75, 3.05) is 51.7 Å². The Morgan fingerprint density at radius 1 is 0.917 bits per heavy atom. The first kappa shape index (κ1) is 55.0. The minimum atomic E-state index is -3.57. The highest BCUT2D eigenvalue weighted by Gasteiger charge is 2.49. The van der Waals surface area contributed by atoms with Crippen molar-refractivity contribution in [1.82, 2.24) is 10.0 Å². The van der Waals surface area contributed by atoms with E-state index in [4.69, 9.17) is 42.4 Å². The Morgan fingerprint density at radius 2 is 1.57 bits per heavy atom. The summed E-state index contributed by atoms with van der Waals surface area (Å²) < 4.78 is 43.5. The van der Waals surface area contributed by atoms with E-state index >= 15 is 0 Å². The highest BCUT2D eigenvalue weighted by molar-refractivity contribution is 7.92. The van der Waals surface area contributed by atoms with Gasteiger partial charge in [-0.15, -0.1) is 4.36 Å². The third-order valence-electron chi connectivity index (χ3n) is 16.2. The third kappa shape index (κ3) is 12.1. The Hall–Kier alpha value is -4.75. The number of esters is 2. The van der Waals surface area contributed by atoms with Gasteiger partial charge in [-0.3, -0.25) is 23.9 Å². The van der Waals surface area contributed by atoms with E-state index in [1.807, 2.05) is 32.0 Å². The number of carbonyl (C=O) groups excluding carboxylic acids is 4. The zero-order valence-corrected chi connectivity index (χ0v) is 44.4. The lowest BCUT2D eigenvalue weighted by Crippen LogP contribution is -2.56. The molecular weight excluding hydrogens is 964 g/mol. The number of hydrogen-bond donors (Lipinski definition) is 5. The minimum Gasteiger partial charge on any atom is -0.490 e. The Morgan fingerprint density at radius 3 is 2.15 bits per heavy atom. The van der Waals surface area contributed by atoms with Crippen molar-refractivity contribution in [3.63, 3.8) is 0 Å². The van der Waals surface area contributed by atoms with Crippen LogP contribution in [0.2, 0.25) is 5.02 Å². The van der Waals surface area contributed by atoms with Crippen LogP contribution in [0.1, 0.15) is 120 Å². The molecule has 0 saturated heterocycles. The summed E-state index contributed by atoms with van der Waals surface area (Å²) in [6, 6.07) is 10.8. The van der Waals surface area contributed by atoms with Gasteiger partial charge < -0.3 is 45.7 Å². The summed E-state index contributed by atoms with van der Waals surface area (Å²) >= 11 is 6.46. The molecule has 6 atom stereocenters.